The Hall–Kier alpha value is -1.31. The molecule has 0 N–H and O–H groups in total. The van der Waals surface area contributed by atoms with E-state index in [0.29, 0.717) is 12.3 Å². The van der Waals surface area contributed by atoms with Crippen LogP contribution in [0.25, 0.3) is 10.7 Å². The number of rotatable bonds is 5. The van der Waals surface area contributed by atoms with Crippen LogP contribution in [-0.2, 0) is 20.3 Å². The van der Waals surface area contributed by atoms with Crippen LogP contribution in [-0.4, -0.2) is 36.8 Å². The summed E-state index contributed by atoms with van der Waals surface area (Å²) in [6.07, 6.45) is 4.44. The van der Waals surface area contributed by atoms with E-state index in [1.165, 1.54) is 11.3 Å². The second-order valence-electron chi connectivity index (χ2n) is 5.40. The van der Waals surface area contributed by atoms with Crippen LogP contribution >= 0.6 is 11.3 Å². The molecule has 1 saturated heterocycles. The molecule has 22 heavy (non-hydrogen) atoms. The maximum absolute atomic E-state index is 12.3. The minimum atomic E-state index is -3.20. The maximum Gasteiger partial charge on any atom is 0.158 e. The van der Waals surface area contributed by atoms with E-state index in [1.807, 2.05) is 18.2 Å². The monoisotopic (exact) mass is 338 g/mol. The van der Waals surface area contributed by atoms with Crippen molar-refractivity contribution in [3.63, 3.8) is 0 Å². The summed E-state index contributed by atoms with van der Waals surface area (Å²) < 4.78 is 30.1. The van der Waals surface area contributed by atoms with Crippen LogP contribution in [0.15, 0.2) is 29.8 Å². The Morgan fingerprint density at radius 2 is 2.23 bits per heavy atom. The average molecular weight is 338 g/mol. The van der Waals surface area contributed by atoms with Crippen LogP contribution in [0.4, 0.5) is 0 Å². The highest BCUT2D eigenvalue weighted by Gasteiger charge is 2.23. The summed E-state index contributed by atoms with van der Waals surface area (Å²) in [6, 6.07) is 5.60. The Labute approximate surface area is 134 Å². The third-order valence-electron chi connectivity index (χ3n) is 3.52. The molecular formula is C15H18N2O3S2. The van der Waals surface area contributed by atoms with Gasteiger partial charge in [0.1, 0.15) is 5.01 Å². The molecule has 1 aliphatic heterocycles. The summed E-state index contributed by atoms with van der Waals surface area (Å²) in [5.41, 5.74) is 1.35. The molecule has 2 aromatic rings. The first-order valence-corrected chi connectivity index (χ1v) is 10.0. The fourth-order valence-electron chi connectivity index (χ4n) is 2.49. The molecule has 1 atom stereocenters. The van der Waals surface area contributed by atoms with Gasteiger partial charge in [0.05, 0.1) is 29.0 Å². The van der Waals surface area contributed by atoms with E-state index in [0.717, 1.165) is 30.0 Å². The number of aromatic nitrogens is 2. The highest BCUT2D eigenvalue weighted by atomic mass is 32.2. The van der Waals surface area contributed by atoms with Gasteiger partial charge < -0.3 is 4.74 Å². The van der Waals surface area contributed by atoms with Gasteiger partial charge in [-0.25, -0.2) is 13.4 Å². The molecule has 1 unspecified atom stereocenters. The van der Waals surface area contributed by atoms with Crippen LogP contribution in [0, 0.1) is 0 Å². The first-order chi connectivity index (χ1) is 10.6. The third kappa shape index (κ3) is 4.12. The van der Waals surface area contributed by atoms with Gasteiger partial charge in [0.2, 0.25) is 0 Å². The smallest absolute Gasteiger partial charge is 0.158 e. The maximum atomic E-state index is 12.3. The topological polar surface area (TPSA) is 69.2 Å². The molecule has 0 amide bonds. The van der Waals surface area contributed by atoms with E-state index in [2.05, 4.69) is 9.97 Å². The highest BCUT2D eigenvalue weighted by molar-refractivity contribution is 7.90. The van der Waals surface area contributed by atoms with Gasteiger partial charge >= 0.3 is 0 Å². The average Bonchev–Trinajstić information content (AvgIpc) is 2.96. The Morgan fingerprint density at radius 1 is 1.32 bits per heavy atom. The summed E-state index contributed by atoms with van der Waals surface area (Å²) in [5.74, 6) is 0.0552. The molecule has 0 bridgehead atoms. The highest BCUT2D eigenvalue weighted by Crippen LogP contribution is 2.23. The van der Waals surface area contributed by atoms with Gasteiger partial charge in [-0.1, -0.05) is 6.07 Å². The van der Waals surface area contributed by atoms with E-state index in [4.69, 9.17) is 4.74 Å². The first kappa shape index (κ1) is 15.6. The Morgan fingerprint density at radius 3 is 2.95 bits per heavy atom. The standard InChI is InChI=1S/C15H18N2O3S2/c18-22(19,11-13-5-2-4-8-20-13)10-12-9-21-15(17-12)14-6-1-3-7-16-14/h1,3,6-7,9,13H,2,4-5,8,10-11H2. The van der Waals surface area contributed by atoms with Gasteiger partial charge in [-0.3, -0.25) is 4.98 Å². The van der Waals surface area contributed by atoms with Crippen molar-refractivity contribution in [2.45, 2.75) is 31.1 Å². The van der Waals surface area contributed by atoms with Crippen molar-refractivity contribution in [2.24, 2.45) is 0 Å². The van der Waals surface area contributed by atoms with E-state index < -0.39 is 9.84 Å². The molecule has 0 aromatic carbocycles. The van der Waals surface area contributed by atoms with Gasteiger partial charge in [-0.15, -0.1) is 11.3 Å². The van der Waals surface area contributed by atoms with Crippen molar-refractivity contribution in [3.05, 3.63) is 35.5 Å². The van der Waals surface area contributed by atoms with Gasteiger partial charge in [0.25, 0.3) is 0 Å². The first-order valence-electron chi connectivity index (χ1n) is 7.30. The predicted octanol–water partition coefficient (Wildman–Crippen LogP) is 2.69. The summed E-state index contributed by atoms with van der Waals surface area (Å²) in [6.45, 7) is 0.667. The fourth-order valence-corrected chi connectivity index (χ4v) is 4.93. The number of pyridine rings is 1. The van der Waals surface area contributed by atoms with E-state index in [9.17, 15) is 8.42 Å². The van der Waals surface area contributed by atoms with Crippen LogP contribution in [0.5, 0.6) is 0 Å². The molecule has 2 aromatic heterocycles. The molecule has 5 nitrogen and oxygen atoms in total. The van der Waals surface area contributed by atoms with Crippen LogP contribution in [0.2, 0.25) is 0 Å². The number of hydrogen-bond acceptors (Lipinski definition) is 6. The quantitative estimate of drug-likeness (QED) is 0.838. The molecule has 7 heteroatoms. The summed E-state index contributed by atoms with van der Waals surface area (Å²) in [5, 5.41) is 2.54. The zero-order chi connectivity index (χ0) is 15.4. The van der Waals surface area contributed by atoms with Gasteiger partial charge in [-0.05, 0) is 31.4 Å². The number of sulfone groups is 1. The SMILES string of the molecule is O=S(=O)(Cc1csc(-c2ccccn2)n1)CC1CCCCO1. The Bertz CT molecular complexity index is 707. The number of ether oxygens (including phenoxy) is 1. The van der Waals surface area contributed by atoms with Crippen LogP contribution < -0.4 is 0 Å². The van der Waals surface area contributed by atoms with Crippen molar-refractivity contribution >= 4 is 21.2 Å². The van der Waals surface area contributed by atoms with Crippen molar-refractivity contribution in [2.75, 3.05) is 12.4 Å². The molecule has 1 aliphatic rings. The fraction of sp³-hybridized carbons (Fsp3) is 0.467. The van der Waals surface area contributed by atoms with Crippen molar-refractivity contribution < 1.29 is 13.2 Å². The van der Waals surface area contributed by atoms with Gasteiger partial charge in [0.15, 0.2) is 9.84 Å². The zero-order valence-corrected chi connectivity index (χ0v) is 13.8. The molecule has 0 spiro atoms. The lowest BCUT2D eigenvalue weighted by Crippen LogP contribution is -2.28. The molecule has 3 heterocycles. The minimum Gasteiger partial charge on any atom is -0.377 e. The third-order valence-corrected chi connectivity index (χ3v) is 6.05. The largest absolute Gasteiger partial charge is 0.377 e. The second kappa shape index (κ2) is 6.85. The van der Waals surface area contributed by atoms with Crippen molar-refractivity contribution in [3.8, 4) is 10.7 Å². The Kier molecular flexibility index (Phi) is 4.85. The van der Waals surface area contributed by atoms with E-state index in [1.54, 1.807) is 11.6 Å². The molecule has 118 valence electrons. The molecule has 3 rings (SSSR count). The Balaban J connectivity index is 1.66. The molecule has 1 fully saturated rings. The van der Waals surface area contributed by atoms with E-state index >= 15 is 0 Å². The van der Waals surface area contributed by atoms with Crippen LogP contribution in [0.3, 0.4) is 0 Å². The van der Waals surface area contributed by atoms with E-state index in [-0.39, 0.29) is 17.6 Å². The summed E-state index contributed by atoms with van der Waals surface area (Å²) >= 11 is 1.42. The lowest BCUT2D eigenvalue weighted by atomic mass is 10.1. The minimum absolute atomic E-state index is 0.0316. The normalized spacial score (nSPS) is 19.2. The number of nitrogens with zero attached hydrogens (tertiary/aromatic N) is 2. The number of thiazole rings is 1. The lowest BCUT2D eigenvalue weighted by molar-refractivity contribution is 0.0305. The molecule has 0 aliphatic carbocycles. The summed E-state index contributed by atoms with van der Waals surface area (Å²) in [7, 11) is -3.20. The lowest BCUT2D eigenvalue weighted by Gasteiger charge is -2.22. The molecular weight excluding hydrogens is 320 g/mol. The molecule has 0 radical (unpaired) electrons. The molecule has 0 saturated carbocycles. The second-order valence-corrected chi connectivity index (χ2v) is 8.37. The van der Waals surface area contributed by atoms with Crippen LogP contribution in [0.1, 0.15) is 25.0 Å². The number of hydrogen-bond donors (Lipinski definition) is 0. The summed E-state index contributed by atoms with van der Waals surface area (Å²) in [4.78, 5) is 8.63. The van der Waals surface area contributed by atoms with Crippen molar-refractivity contribution in [1.29, 1.82) is 0 Å². The van der Waals surface area contributed by atoms with Crippen molar-refractivity contribution in [1.82, 2.24) is 9.97 Å². The zero-order valence-electron chi connectivity index (χ0n) is 12.1. The van der Waals surface area contributed by atoms with Gasteiger partial charge in [-0.2, -0.15) is 0 Å². The van der Waals surface area contributed by atoms with Gasteiger partial charge in [0, 0.05) is 18.2 Å². The predicted molar refractivity (Wildman–Crippen MR) is 86.4 cm³/mol.